The maximum Gasteiger partial charge on any atom is 0.165 e. The van der Waals surface area contributed by atoms with Crippen molar-refractivity contribution in [1.29, 1.82) is 0 Å². The van der Waals surface area contributed by atoms with Gasteiger partial charge in [0.25, 0.3) is 0 Å². The van der Waals surface area contributed by atoms with Crippen molar-refractivity contribution in [2.75, 3.05) is 7.11 Å². The average Bonchev–Trinajstić information content (AvgIpc) is 2.34. The molecular weight excluding hydrogens is 236 g/mol. The number of carbonyl (C=O) groups is 1. The van der Waals surface area contributed by atoms with Crippen molar-refractivity contribution in [2.24, 2.45) is 11.3 Å². The number of Topliss-reactive ketones (excluding diaryl/α,β-unsaturated/α-hetero) is 1. The van der Waals surface area contributed by atoms with E-state index in [0.29, 0.717) is 18.1 Å². The second kappa shape index (κ2) is 6.88. The molecule has 0 saturated heterocycles. The van der Waals surface area contributed by atoms with Gasteiger partial charge in [0.05, 0.1) is 0 Å². The molecule has 2 nitrogen and oxygen atoms in total. The summed E-state index contributed by atoms with van der Waals surface area (Å²) in [7, 11) is 1.73. The van der Waals surface area contributed by atoms with Crippen LogP contribution in [0.15, 0.2) is 0 Å². The molecule has 112 valence electrons. The highest BCUT2D eigenvalue weighted by Crippen LogP contribution is 2.50. The van der Waals surface area contributed by atoms with Crippen molar-refractivity contribution in [3.63, 3.8) is 0 Å². The maximum atomic E-state index is 12.8. The molecule has 0 spiro atoms. The fraction of sp³-hybridized carbons (Fsp3) is 0.941. The normalized spacial score (nSPS) is 30.3. The molecule has 1 fully saturated rings. The van der Waals surface area contributed by atoms with Crippen molar-refractivity contribution >= 4 is 5.78 Å². The molecule has 1 aliphatic carbocycles. The Bertz CT molecular complexity index is 296. The molecule has 19 heavy (non-hydrogen) atoms. The number of hydrogen-bond acceptors (Lipinski definition) is 2. The Morgan fingerprint density at radius 3 is 2.47 bits per heavy atom. The largest absolute Gasteiger partial charge is 0.370 e. The van der Waals surface area contributed by atoms with Crippen LogP contribution in [0.3, 0.4) is 0 Å². The summed E-state index contributed by atoms with van der Waals surface area (Å²) in [5.74, 6) is 0.670. The van der Waals surface area contributed by atoms with E-state index in [1.165, 1.54) is 19.3 Å². The predicted octanol–water partition coefficient (Wildman–Crippen LogP) is 4.76. The third-order valence-corrected chi connectivity index (χ3v) is 5.13. The molecule has 0 radical (unpaired) electrons. The third kappa shape index (κ3) is 3.21. The first-order chi connectivity index (χ1) is 8.92. The number of hydrogen-bond donors (Lipinski definition) is 0. The fourth-order valence-electron chi connectivity index (χ4n) is 4.05. The van der Waals surface area contributed by atoms with Gasteiger partial charge in [-0.3, -0.25) is 4.79 Å². The molecule has 2 atom stereocenters. The van der Waals surface area contributed by atoms with Crippen molar-refractivity contribution in [3.8, 4) is 0 Å². The minimum absolute atomic E-state index is 0.0404. The third-order valence-electron chi connectivity index (χ3n) is 5.13. The van der Waals surface area contributed by atoms with Gasteiger partial charge in [-0.25, -0.2) is 0 Å². The predicted molar refractivity (Wildman–Crippen MR) is 80.3 cm³/mol. The number of rotatable bonds is 7. The number of ketones is 1. The van der Waals surface area contributed by atoms with Crippen LogP contribution in [0.5, 0.6) is 0 Å². The van der Waals surface area contributed by atoms with E-state index in [1.807, 2.05) is 0 Å². The van der Waals surface area contributed by atoms with Crippen LogP contribution in [0.25, 0.3) is 0 Å². The summed E-state index contributed by atoms with van der Waals surface area (Å²) in [6, 6.07) is 0. The SMILES string of the molecule is CCCCCCC(=O)C1(OC)C(C)CCCC1(C)C. The second-order valence-electron chi connectivity index (χ2n) is 6.85. The van der Waals surface area contributed by atoms with Crippen molar-refractivity contribution in [3.05, 3.63) is 0 Å². The van der Waals surface area contributed by atoms with Gasteiger partial charge in [-0.15, -0.1) is 0 Å². The summed E-state index contributed by atoms with van der Waals surface area (Å²) in [6.07, 6.45) is 8.71. The van der Waals surface area contributed by atoms with Crippen LogP contribution in [0.1, 0.15) is 79.1 Å². The zero-order valence-electron chi connectivity index (χ0n) is 13.6. The molecule has 0 aromatic heterocycles. The van der Waals surface area contributed by atoms with Crippen LogP contribution in [0.4, 0.5) is 0 Å². The molecule has 0 amide bonds. The van der Waals surface area contributed by atoms with Gasteiger partial charge >= 0.3 is 0 Å². The molecule has 1 rings (SSSR count). The van der Waals surface area contributed by atoms with Gasteiger partial charge in [-0.1, -0.05) is 53.4 Å². The monoisotopic (exact) mass is 268 g/mol. The van der Waals surface area contributed by atoms with E-state index in [0.717, 1.165) is 25.7 Å². The van der Waals surface area contributed by atoms with Gasteiger partial charge in [-0.05, 0) is 25.2 Å². The Labute approximate surface area is 119 Å². The van der Waals surface area contributed by atoms with Gasteiger partial charge in [0.2, 0.25) is 0 Å². The molecule has 0 aromatic rings. The lowest BCUT2D eigenvalue weighted by molar-refractivity contribution is -0.179. The number of unbranched alkanes of at least 4 members (excludes halogenated alkanes) is 3. The Morgan fingerprint density at radius 2 is 1.95 bits per heavy atom. The molecule has 2 unspecified atom stereocenters. The Hall–Kier alpha value is -0.370. The summed E-state index contributed by atoms with van der Waals surface area (Å²) >= 11 is 0. The first-order valence-electron chi connectivity index (χ1n) is 8.00. The maximum absolute atomic E-state index is 12.8. The van der Waals surface area contributed by atoms with Crippen molar-refractivity contribution in [2.45, 2.75) is 84.7 Å². The number of ether oxygens (including phenoxy) is 1. The summed E-state index contributed by atoms with van der Waals surface area (Å²) < 4.78 is 5.88. The van der Waals surface area contributed by atoms with Gasteiger partial charge in [-0.2, -0.15) is 0 Å². The summed E-state index contributed by atoms with van der Waals surface area (Å²) in [4.78, 5) is 12.8. The fourth-order valence-corrected chi connectivity index (χ4v) is 4.05. The zero-order chi connectivity index (χ0) is 14.5. The highest BCUT2D eigenvalue weighted by atomic mass is 16.5. The van der Waals surface area contributed by atoms with E-state index in [9.17, 15) is 4.79 Å². The Balaban J connectivity index is 2.79. The minimum atomic E-state index is -0.558. The van der Waals surface area contributed by atoms with Crippen LogP contribution in [0, 0.1) is 11.3 Å². The van der Waals surface area contributed by atoms with E-state index in [-0.39, 0.29) is 5.41 Å². The Kier molecular flexibility index (Phi) is 6.04. The lowest BCUT2D eigenvalue weighted by Gasteiger charge is -2.51. The van der Waals surface area contributed by atoms with E-state index < -0.39 is 5.60 Å². The quantitative estimate of drug-likeness (QED) is 0.622. The smallest absolute Gasteiger partial charge is 0.165 e. The molecule has 0 bridgehead atoms. The van der Waals surface area contributed by atoms with Crippen LogP contribution in [-0.2, 0) is 9.53 Å². The standard InChI is InChI=1S/C17H32O2/c1-6-7-8-9-12-15(18)17(19-5)14(2)11-10-13-16(17,3)4/h14H,6-13H2,1-5H3. The van der Waals surface area contributed by atoms with Crippen LogP contribution in [-0.4, -0.2) is 18.5 Å². The first kappa shape index (κ1) is 16.7. The van der Waals surface area contributed by atoms with Crippen molar-refractivity contribution in [1.82, 2.24) is 0 Å². The number of carbonyl (C=O) groups excluding carboxylic acids is 1. The second-order valence-corrected chi connectivity index (χ2v) is 6.85. The van der Waals surface area contributed by atoms with E-state index in [1.54, 1.807) is 7.11 Å². The van der Waals surface area contributed by atoms with E-state index in [4.69, 9.17) is 4.74 Å². The van der Waals surface area contributed by atoms with Crippen molar-refractivity contribution < 1.29 is 9.53 Å². The molecule has 2 heteroatoms. The summed E-state index contributed by atoms with van der Waals surface area (Å²) in [6.45, 7) is 8.80. The molecule has 1 saturated carbocycles. The lowest BCUT2D eigenvalue weighted by atomic mass is 9.58. The van der Waals surface area contributed by atoms with Gasteiger partial charge in [0.1, 0.15) is 5.60 Å². The molecule has 0 N–H and O–H groups in total. The highest BCUT2D eigenvalue weighted by molar-refractivity contribution is 5.88. The van der Waals surface area contributed by atoms with E-state index >= 15 is 0 Å². The molecular formula is C17H32O2. The van der Waals surface area contributed by atoms with Crippen LogP contribution in [0.2, 0.25) is 0 Å². The average molecular weight is 268 g/mol. The minimum Gasteiger partial charge on any atom is -0.370 e. The zero-order valence-corrected chi connectivity index (χ0v) is 13.6. The topological polar surface area (TPSA) is 26.3 Å². The summed E-state index contributed by atoms with van der Waals surface area (Å²) in [5.41, 5.74) is -0.598. The van der Waals surface area contributed by atoms with E-state index in [2.05, 4.69) is 27.7 Å². The highest BCUT2D eigenvalue weighted by Gasteiger charge is 2.55. The first-order valence-corrected chi connectivity index (χ1v) is 8.00. The molecule has 1 aliphatic rings. The molecule has 0 heterocycles. The Morgan fingerprint density at radius 1 is 1.26 bits per heavy atom. The van der Waals surface area contributed by atoms with Gasteiger partial charge in [0.15, 0.2) is 5.78 Å². The van der Waals surface area contributed by atoms with Gasteiger partial charge < -0.3 is 4.74 Å². The van der Waals surface area contributed by atoms with Crippen LogP contribution >= 0.6 is 0 Å². The number of methoxy groups -OCH3 is 1. The molecule has 0 aliphatic heterocycles. The van der Waals surface area contributed by atoms with Crippen LogP contribution < -0.4 is 0 Å². The molecule has 0 aromatic carbocycles. The lowest BCUT2D eigenvalue weighted by Crippen LogP contribution is -2.59. The summed E-state index contributed by atoms with van der Waals surface area (Å²) in [5, 5.41) is 0. The van der Waals surface area contributed by atoms with Gasteiger partial charge in [0, 0.05) is 18.9 Å².